The summed E-state index contributed by atoms with van der Waals surface area (Å²) in [5.41, 5.74) is 7.89. The minimum absolute atomic E-state index is 0.324. The number of nitrogens with two attached hydrogens (primary N) is 1. The van der Waals surface area contributed by atoms with Crippen molar-refractivity contribution in [3.05, 3.63) is 18.2 Å². The summed E-state index contributed by atoms with van der Waals surface area (Å²) in [6, 6.07) is 0.324. The van der Waals surface area contributed by atoms with Crippen LogP contribution in [0.15, 0.2) is 12.5 Å². The van der Waals surface area contributed by atoms with Crippen LogP contribution in [0.4, 0.5) is 0 Å². The van der Waals surface area contributed by atoms with Gasteiger partial charge in [0.05, 0.1) is 18.1 Å². The van der Waals surface area contributed by atoms with Gasteiger partial charge in [0.2, 0.25) is 0 Å². The van der Waals surface area contributed by atoms with Crippen molar-refractivity contribution >= 4 is 0 Å². The van der Waals surface area contributed by atoms with Crippen LogP contribution in [-0.4, -0.2) is 34.1 Å². The lowest BCUT2D eigenvalue weighted by molar-refractivity contribution is 0.0801. The van der Waals surface area contributed by atoms with Gasteiger partial charge in [0.1, 0.15) is 0 Å². The molecular weight excluding hydrogens is 248 g/mol. The fraction of sp³-hybridized carbons (Fsp3) is 0.812. The SMILES string of the molecule is CCCn1cncc1C(CN)N1CCC(C)(CC)CC1. The Labute approximate surface area is 123 Å². The second-order valence-electron chi connectivity index (χ2n) is 6.46. The minimum atomic E-state index is 0.324. The number of piperidine rings is 1. The third kappa shape index (κ3) is 3.23. The number of rotatable bonds is 6. The average molecular weight is 278 g/mol. The van der Waals surface area contributed by atoms with Gasteiger partial charge in [-0.25, -0.2) is 4.98 Å². The van der Waals surface area contributed by atoms with E-state index in [0.717, 1.165) is 26.1 Å². The van der Waals surface area contributed by atoms with Gasteiger partial charge in [-0.15, -0.1) is 0 Å². The van der Waals surface area contributed by atoms with E-state index in [1.54, 1.807) is 0 Å². The van der Waals surface area contributed by atoms with Crippen LogP contribution >= 0.6 is 0 Å². The monoisotopic (exact) mass is 278 g/mol. The fourth-order valence-corrected chi connectivity index (χ4v) is 3.22. The second kappa shape index (κ2) is 6.72. The summed E-state index contributed by atoms with van der Waals surface area (Å²) in [4.78, 5) is 6.89. The molecule has 1 unspecified atom stereocenters. The van der Waals surface area contributed by atoms with Gasteiger partial charge in [0.25, 0.3) is 0 Å². The van der Waals surface area contributed by atoms with Crippen LogP contribution in [0.1, 0.15) is 58.2 Å². The molecule has 114 valence electrons. The van der Waals surface area contributed by atoms with Gasteiger partial charge < -0.3 is 10.3 Å². The quantitative estimate of drug-likeness (QED) is 0.870. The van der Waals surface area contributed by atoms with Gasteiger partial charge in [0, 0.05) is 19.3 Å². The molecule has 4 heteroatoms. The first kappa shape index (κ1) is 15.5. The van der Waals surface area contributed by atoms with E-state index >= 15 is 0 Å². The molecule has 1 aromatic rings. The van der Waals surface area contributed by atoms with Crippen LogP contribution in [0, 0.1) is 5.41 Å². The summed E-state index contributed by atoms with van der Waals surface area (Å²) in [6.45, 7) is 11.0. The molecule has 0 bridgehead atoms. The van der Waals surface area contributed by atoms with Gasteiger partial charge in [-0.05, 0) is 37.8 Å². The second-order valence-corrected chi connectivity index (χ2v) is 6.46. The van der Waals surface area contributed by atoms with Crippen molar-refractivity contribution in [3.63, 3.8) is 0 Å². The molecule has 0 saturated carbocycles. The Morgan fingerprint density at radius 1 is 1.35 bits per heavy atom. The van der Waals surface area contributed by atoms with Crippen LogP contribution in [-0.2, 0) is 6.54 Å². The maximum Gasteiger partial charge on any atom is 0.0948 e. The Morgan fingerprint density at radius 2 is 2.05 bits per heavy atom. The lowest BCUT2D eigenvalue weighted by Gasteiger charge is -2.42. The standard InChI is InChI=1S/C16H30N4/c1-4-8-20-13-18-12-15(20)14(11-17)19-9-6-16(3,5-2)7-10-19/h12-14H,4-11,17H2,1-3H3. The largest absolute Gasteiger partial charge is 0.333 e. The molecule has 2 rings (SSSR count). The normalized spacial score (nSPS) is 21.0. The topological polar surface area (TPSA) is 47.1 Å². The summed E-state index contributed by atoms with van der Waals surface area (Å²) in [5.74, 6) is 0. The Bertz CT molecular complexity index is 404. The van der Waals surface area contributed by atoms with Crippen molar-refractivity contribution in [3.8, 4) is 0 Å². The van der Waals surface area contributed by atoms with E-state index in [1.165, 1.54) is 25.0 Å². The van der Waals surface area contributed by atoms with Crippen LogP contribution in [0.3, 0.4) is 0 Å². The number of likely N-dealkylation sites (tertiary alicyclic amines) is 1. The molecule has 0 aliphatic carbocycles. The molecular formula is C16H30N4. The zero-order valence-corrected chi connectivity index (χ0v) is 13.3. The molecule has 1 atom stereocenters. The molecule has 1 aromatic heterocycles. The summed E-state index contributed by atoms with van der Waals surface area (Å²) in [6.07, 6.45) is 8.92. The first-order chi connectivity index (χ1) is 9.63. The third-order valence-corrected chi connectivity index (χ3v) is 5.07. The highest BCUT2D eigenvalue weighted by atomic mass is 15.2. The predicted molar refractivity (Wildman–Crippen MR) is 83.5 cm³/mol. The zero-order chi connectivity index (χ0) is 14.6. The lowest BCUT2D eigenvalue weighted by Crippen LogP contribution is -2.43. The molecule has 1 aliphatic rings. The van der Waals surface area contributed by atoms with Gasteiger partial charge in [0.15, 0.2) is 0 Å². The van der Waals surface area contributed by atoms with Gasteiger partial charge in [-0.1, -0.05) is 27.2 Å². The van der Waals surface area contributed by atoms with Crippen molar-refractivity contribution in [2.75, 3.05) is 19.6 Å². The van der Waals surface area contributed by atoms with E-state index in [1.807, 2.05) is 12.5 Å². The molecule has 1 saturated heterocycles. The van der Waals surface area contributed by atoms with Crippen LogP contribution in [0.25, 0.3) is 0 Å². The van der Waals surface area contributed by atoms with Crippen molar-refractivity contribution in [2.24, 2.45) is 11.1 Å². The molecule has 0 spiro atoms. The molecule has 0 amide bonds. The zero-order valence-electron chi connectivity index (χ0n) is 13.3. The Hall–Kier alpha value is -0.870. The van der Waals surface area contributed by atoms with E-state index in [4.69, 9.17) is 5.73 Å². The molecule has 2 N–H and O–H groups in total. The van der Waals surface area contributed by atoms with E-state index in [-0.39, 0.29) is 0 Å². The van der Waals surface area contributed by atoms with Crippen molar-refractivity contribution in [1.29, 1.82) is 0 Å². The summed E-state index contributed by atoms with van der Waals surface area (Å²) in [7, 11) is 0. The maximum atomic E-state index is 6.08. The molecule has 1 aliphatic heterocycles. The average Bonchev–Trinajstić information content (AvgIpc) is 2.91. The van der Waals surface area contributed by atoms with Crippen LogP contribution in [0.5, 0.6) is 0 Å². The highest BCUT2D eigenvalue weighted by Gasteiger charge is 2.32. The lowest BCUT2D eigenvalue weighted by atomic mass is 9.78. The van der Waals surface area contributed by atoms with Crippen molar-refractivity contribution in [1.82, 2.24) is 14.5 Å². The van der Waals surface area contributed by atoms with E-state index in [0.29, 0.717) is 18.0 Å². The van der Waals surface area contributed by atoms with E-state index in [9.17, 15) is 0 Å². The predicted octanol–water partition coefficient (Wildman–Crippen LogP) is 2.81. The minimum Gasteiger partial charge on any atom is -0.333 e. The van der Waals surface area contributed by atoms with Gasteiger partial charge in [-0.3, -0.25) is 4.90 Å². The molecule has 0 aromatic carbocycles. The highest BCUT2D eigenvalue weighted by molar-refractivity contribution is 5.07. The number of aromatic nitrogens is 2. The first-order valence-electron chi connectivity index (χ1n) is 8.07. The van der Waals surface area contributed by atoms with E-state index in [2.05, 4.69) is 35.2 Å². The number of nitrogens with zero attached hydrogens (tertiary/aromatic N) is 3. The van der Waals surface area contributed by atoms with Gasteiger partial charge >= 0.3 is 0 Å². The third-order valence-electron chi connectivity index (χ3n) is 5.07. The number of imidazole rings is 1. The molecule has 20 heavy (non-hydrogen) atoms. The molecule has 2 heterocycles. The highest BCUT2D eigenvalue weighted by Crippen LogP contribution is 2.36. The maximum absolute atomic E-state index is 6.08. The summed E-state index contributed by atoms with van der Waals surface area (Å²) in [5, 5.41) is 0. The Kier molecular flexibility index (Phi) is 5.22. The van der Waals surface area contributed by atoms with Gasteiger partial charge in [-0.2, -0.15) is 0 Å². The summed E-state index contributed by atoms with van der Waals surface area (Å²) >= 11 is 0. The smallest absolute Gasteiger partial charge is 0.0948 e. The first-order valence-corrected chi connectivity index (χ1v) is 8.07. The Balaban J connectivity index is 2.07. The van der Waals surface area contributed by atoms with Crippen molar-refractivity contribution in [2.45, 2.75) is 59.0 Å². The fourth-order valence-electron chi connectivity index (χ4n) is 3.22. The van der Waals surface area contributed by atoms with Crippen molar-refractivity contribution < 1.29 is 0 Å². The number of hydrogen-bond acceptors (Lipinski definition) is 3. The number of hydrogen-bond donors (Lipinski definition) is 1. The Morgan fingerprint density at radius 3 is 2.60 bits per heavy atom. The van der Waals surface area contributed by atoms with Crippen LogP contribution < -0.4 is 5.73 Å². The molecule has 4 nitrogen and oxygen atoms in total. The molecule has 0 radical (unpaired) electrons. The summed E-state index contributed by atoms with van der Waals surface area (Å²) < 4.78 is 2.27. The molecule has 1 fully saturated rings. The van der Waals surface area contributed by atoms with Crippen LogP contribution in [0.2, 0.25) is 0 Å². The van der Waals surface area contributed by atoms with E-state index < -0.39 is 0 Å². The number of aryl methyl sites for hydroxylation is 1.